The smallest absolute Gasteiger partial charge is 0.317 e. The van der Waals surface area contributed by atoms with E-state index >= 15 is 0 Å². The Kier molecular flexibility index (Phi) is 6.60. The molecular weight excluding hydrogens is 288 g/mol. The number of hydrogen-bond acceptors (Lipinski definition) is 3. The summed E-state index contributed by atoms with van der Waals surface area (Å²) in [6.07, 6.45) is 2.12. The molecule has 1 aliphatic heterocycles. The van der Waals surface area contributed by atoms with Gasteiger partial charge in [0.05, 0.1) is 6.54 Å². The molecule has 1 aromatic carbocycles. The number of hydrogen-bond donors (Lipinski definition) is 1. The molecule has 1 fully saturated rings. The summed E-state index contributed by atoms with van der Waals surface area (Å²) in [6.45, 7) is 10.6. The van der Waals surface area contributed by atoms with Gasteiger partial charge in [-0.1, -0.05) is 45.0 Å². The van der Waals surface area contributed by atoms with Gasteiger partial charge in [0.2, 0.25) is 0 Å². The lowest BCUT2D eigenvalue weighted by atomic mass is 10.00. The van der Waals surface area contributed by atoms with Gasteiger partial charge in [0.1, 0.15) is 0 Å². The van der Waals surface area contributed by atoms with Gasteiger partial charge in [-0.25, -0.2) is 0 Å². The fourth-order valence-electron chi connectivity index (χ4n) is 3.38. The largest absolute Gasteiger partial charge is 0.480 e. The van der Waals surface area contributed by atoms with E-state index in [2.05, 4.69) is 47.9 Å². The van der Waals surface area contributed by atoms with Crippen LogP contribution in [0.2, 0.25) is 0 Å². The zero-order valence-electron chi connectivity index (χ0n) is 14.7. The molecule has 0 bridgehead atoms. The highest BCUT2D eigenvalue weighted by Gasteiger charge is 2.24. The Morgan fingerprint density at radius 2 is 1.87 bits per heavy atom. The average Bonchev–Trinajstić information content (AvgIpc) is 2.54. The molecule has 128 valence electrons. The van der Waals surface area contributed by atoms with Crippen LogP contribution in [0.3, 0.4) is 0 Å². The van der Waals surface area contributed by atoms with Crippen molar-refractivity contribution >= 4 is 5.97 Å². The zero-order valence-corrected chi connectivity index (χ0v) is 14.7. The van der Waals surface area contributed by atoms with Crippen LogP contribution < -0.4 is 0 Å². The molecule has 4 heteroatoms. The minimum absolute atomic E-state index is 0.165. The topological polar surface area (TPSA) is 43.8 Å². The van der Waals surface area contributed by atoms with Crippen molar-refractivity contribution in [3.8, 4) is 0 Å². The third-order valence-corrected chi connectivity index (χ3v) is 4.87. The third kappa shape index (κ3) is 5.33. The first-order chi connectivity index (χ1) is 11.0. The van der Waals surface area contributed by atoms with Crippen LogP contribution in [0.15, 0.2) is 24.3 Å². The first-order valence-corrected chi connectivity index (χ1v) is 8.76. The Hall–Kier alpha value is -1.39. The fourth-order valence-corrected chi connectivity index (χ4v) is 3.38. The van der Waals surface area contributed by atoms with E-state index in [1.807, 2.05) is 6.92 Å². The molecule has 1 aromatic rings. The summed E-state index contributed by atoms with van der Waals surface area (Å²) in [5.74, 6) is -0.145. The van der Waals surface area contributed by atoms with Crippen molar-refractivity contribution in [3.63, 3.8) is 0 Å². The number of carboxylic acids is 1. The molecular formula is C19H30N2O2. The second kappa shape index (κ2) is 8.46. The highest BCUT2D eigenvalue weighted by molar-refractivity contribution is 5.69. The number of likely N-dealkylation sites (N-methyl/N-ethyl adjacent to an activating group) is 1. The molecule has 1 aliphatic rings. The third-order valence-electron chi connectivity index (χ3n) is 4.87. The highest BCUT2D eigenvalue weighted by Crippen LogP contribution is 2.20. The van der Waals surface area contributed by atoms with Crippen molar-refractivity contribution in [1.29, 1.82) is 0 Å². The molecule has 0 aromatic heterocycles. The monoisotopic (exact) mass is 318 g/mol. The van der Waals surface area contributed by atoms with Gasteiger partial charge in [-0.2, -0.15) is 0 Å². The van der Waals surface area contributed by atoms with E-state index in [-0.39, 0.29) is 6.54 Å². The number of carboxylic acid groups (broad SMARTS) is 1. The van der Waals surface area contributed by atoms with E-state index in [9.17, 15) is 4.79 Å². The summed E-state index contributed by atoms with van der Waals surface area (Å²) in [4.78, 5) is 15.5. The number of carbonyl (C=O) groups is 1. The minimum atomic E-state index is -0.723. The number of benzene rings is 1. The lowest BCUT2D eigenvalue weighted by molar-refractivity contribution is -0.139. The summed E-state index contributed by atoms with van der Waals surface area (Å²) < 4.78 is 0. The Morgan fingerprint density at radius 3 is 2.35 bits per heavy atom. The predicted octanol–water partition coefficient (Wildman–Crippen LogP) is 3.18. The first kappa shape index (κ1) is 18.0. The van der Waals surface area contributed by atoms with Crippen LogP contribution in [-0.4, -0.2) is 53.1 Å². The maximum Gasteiger partial charge on any atom is 0.317 e. The van der Waals surface area contributed by atoms with Gasteiger partial charge < -0.3 is 5.11 Å². The fraction of sp³-hybridized carbons (Fsp3) is 0.632. The van der Waals surface area contributed by atoms with E-state index in [0.717, 1.165) is 39.0 Å². The van der Waals surface area contributed by atoms with Gasteiger partial charge in [-0.05, 0) is 49.5 Å². The van der Waals surface area contributed by atoms with Gasteiger partial charge in [0.15, 0.2) is 0 Å². The van der Waals surface area contributed by atoms with Crippen molar-refractivity contribution in [1.82, 2.24) is 9.80 Å². The molecule has 23 heavy (non-hydrogen) atoms. The zero-order chi connectivity index (χ0) is 16.8. The molecule has 1 saturated heterocycles. The van der Waals surface area contributed by atoms with E-state index in [4.69, 9.17) is 5.11 Å². The van der Waals surface area contributed by atoms with Crippen LogP contribution in [0.4, 0.5) is 0 Å². The van der Waals surface area contributed by atoms with Crippen LogP contribution in [0.25, 0.3) is 0 Å². The molecule has 1 heterocycles. The van der Waals surface area contributed by atoms with Crippen LogP contribution in [0, 0.1) is 0 Å². The van der Waals surface area contributed by atoms with Crippen LogP contribution in [-0.2, 0) is 11.3 Å². The standard InChI is InChI=1S/C19H30N2O2/c1-4-21(14-19(22)23)18-9-11-20(12-10-18)13-16-5-7-17(8-6-16)15(2)3/h5-8,15,18H,4,9-14H2,1-3H3,(H,22,23). The second-order valence-electron chi connectivity index (χ2n) is 6.86. The maximum absolute atomic E-state index is 10.9. The molecule has 0 unspecified atom stereocenters. The van der Waals surface area contributed by atoms with E-state index in [1.165, 1.54) is 11.1 Å². The predicted molar refractivity (Wildman–Crippen MR) is 93.7 cm³/mol. The van der Waals surface area contributed by atoms with Crippen molar-refractivity contribution in [2.45, 2.75) is 52.1 Å². The van der Waals surface area contributed by atoms with E-state index in [1.54, 1.807) is 0 Å². The molecule has 0 atom stereocenters. The molecule has 0 saturated carbocycles. The lowest BCUT2D eigenvalue weighted by Gasteiger charge is -2.37. The van der Waals surface area contributed by atoms with Crippen molar-refractivity contribution in [2.24, 2.45) is 0 Å². The molecule has 1 N–H and O–H groups in total. The van der Waals surface area contributed by atoms with Crippen LogP contribution in [0.5, 0.6) is 0 Å². The number of piperidine rings is 1. The Morgan fingerprint density at radius 1 is 1.26 bits per heavy atom. The molecule has 4 nitrogen and oxygen atoms in total. The molecule has 0 amide bonds. The number of likely N-dealkylation sites (tertiary alicyclic amines) is 1. The molecule has 0 aliphatic carbocycles. The average molecular weight is 318 g/mol. The Balaban J connectivity index is 1.83. The van der Waals surface area contributed by atoms with Crippen molar-refractivity contribution < 1.29 is 9.90 Å². The van der Waals surface area contributed by atoms with Crippen molar-refractivity contribution in [2.75, 3.05) is 26.2 Å². The SMILES string of the molecule is CCN(CC(=O)O)C1CCN(Cc2ccc(C(C)C)cc2)CC1. The van der Waals surface area contributed by atoms with Gasteiger partial charge in [-0.15, -0.1) is 0 Å². The minimum Gasteiger partial charge on any atom is -0.480 e. The van der Waals surface area contributed by atoms with Gasteiger partial charge in [-0.3, -0.25) is 14.6 Å². The highest BCUT2D eigenvalue weighted by atomic mass is 16.4. The van der Waals surface area contributed by atoms with Crippen LogP contribution in [0.1, 0.15) is 50.7 Å². The summed E-state index contributed by atoms with van der Waals surface area (Å²) >= 11 is 0. The number of nitrogens with zero attached hydrogens (tertiary/aromatic N) is 2. The van der Waals surface area contributed by atoms with E-state index < -0.39 is 5.97 Å². The van der Waals surface area contributed by atoms with Gasteiger partial charge in [0, 0.05) is 12.6 Å². The van der Waals surface area contributed by atoms with E-state index in [0.29, 0.717) is 12.0 Å². The second-order valence-corrected chi connectivity index (χ2v) is 6.86. The lowest BCUT2D eigenvalue weighted by Crippen LogP contribution is -2.46. The summed E-state index contributed by atoms with van der Waals surface area (Å²) in [5, 5.41) is 9.00. The maximum atomic E-state index is 10.9. The molecule has 0 radical (unpaired) electrons. The molecule has 2 rings (SSSR count). The Bertz CT molecular complexity index is 491. The molecule has 0 spiro atoms. The number of aliphatic carboxylic acids is 1. The van der Waals surface area contributed by atoms with Crippen molar-refractivity contribution in [3.05, 3.63) is 35.4 Å². The van der Waals surface area contributed by atoms with Gasteiger partial charge in [0.25, 0.3) is 0 Å². The quantitative estimate of drug-likeness (QED) is 0.838. The Labute approximate surface area is 140 Å². The summed E-state index contributed by atoms with van der Waals surface area (Å²) in [7, 11) is 0. The summed E-state index contributed by atoms with van der Waals surface area (Å²) in [6, 6.07) is 9.36. The first-order valence-electron chi connectivity index (χ1n) is 8.76. The van der Waals surface area contributed by atoms with Gasteiger partial charge >= 0.3 is 5.97 Å². The normalized spacial score (nSPS) is 17.1. The number of rotatable bonds is 7. The van der Waals surface area contributed by atoms with Crippen LogP contribution >= 0.6 is 0 Å². The summed E-state index contributed by atoms with van der Waals surface area (Å²) in [5.41, 5.74) is 2.76.